The monoisotopic (exact) mass is 271 g/mol. The topological polar surface area (TPSA) is 42.7 Å². The van der Waals surface area contributed by atoms with Gasteiger partial charge in [0.15, 0.2) is 0 Å². The van der Waals surface area contributed by atoms with Gasteiger partial charge in [-0.15, -0.1) is 0 Å². The average Bonchev–Trinajstić information content (AvgIpc) is 3.00. The second kappa shape index (κ2) is 5.51. The van der Waals surface area contributed by atoms with Gasteiger partial charge in [-0.1, -0.05) is 24.3 Å². The first kappa shape index (κ1) is 12.9. The first-order chi connectivity index (χ1) is 9.74. The molecule has 0 spiro atoms. The van der Waals surface area contributed by atoms with Gasteiger partial charge in [-0.25, -0.2) is 0 Å². The van der Waals surface area contributed by atoms with E-state index in [0.29, 0.717) is 18.7 Å². The molecule has 104 valence electrons. The molecule has 0 N–H and O–H groups in total. The van der Waals surface area contributed by atoms with Crippen LogP contribution in [0.5, 0.6) is 0 Å². The Morgan fingerprint density at radius 2 is 2.10 bits per heavy atom. The Bertz CT molecular complexity index is 592. The van der Waals surface area contributed by atoms with Gasteiger partial charge in [0, 0.05) is 20.0 Å². The number of carbonyl (C=O) groups excluding carboxylic acids is 1. The molecule has 1 unspecified atom stereocenters. The number of ether oxygens (including phenoxy) is 1. The van der Waals surface area contributed by atoms with Crippen molar-refractivity contribution in [3.05, 3.63) is 59.5 Å². The summed E-state index contributed by atoms with van der Waals surface area (Å²) in [7, 11) is 1.79. The maximum atomic E-state index is 12.1. The summed E-state index contributed by atoms with van der Waals surface area (Å²) < 4.78 is 10.8. The van der Waals surface area contributed by atoms with Crippen molar-refractivity contribution >= 4 is 5.91 Å². The molecule has 1 aliphatic heterocycles. The molecule has 0 saturated carbocycles. The van der Waals surface area contributed by atoms with Crippen LogP contribution in [0.25, 0.3) is 0 Å². The van der Waals surface area contributed by atoms with E-state index >= 15 is 0 Å². The molecule has 0 aliphatic carbocycles. The fourth-order valence-electron chi connectivity index (χ4n) is 2.52. The maximum Gasteiger partial charge on any atom is 0.256 e. The van der Waals surface area contributed by atoms with Crippen molar-refractivity contribution in [2.24, 2.45) is 0 Å². The normalized spacial score (nSPS) is 17.6. The molecule has 1 atom stereocenters. The molecule has 1 amide bonds. The van der Waals surface area contributed by atoms with Crippen molar-refractivity contribution < 1.29 is 13.9 Å². The summed E-state index contributed by atoms with van der Waals surface area (Å²) in [5, 5.41) is 0. The minimum absolute atomic E-state index is 0.0405. The fraction of sp³-hybridized carbons (Fsp3) is 0.312. The molecule has 1 aromatic heterocycles. The highest BCUT2D eigenvalue weighted by Crippen LogP contribution is 2.21. The van der Waals surface area contributed by atoms with Crippen molar-refractivity contribution in [2.75, 3.05) is 13.6 Å². The summed E-state index contributed by atoms with van der Waals surface area (Å²) in [4.78, 5) is 13.8. The van der Waals surface area contributed by atoms with Gasteiger partial charge < -0.3 is 14.1 Å². The van der Waals surface area contributed by atoms with E-state index in [1.54, 1.807) is 18.0 Å². The average molecular weight is 271 g/mol. The molecule has 1 aliphatic rings. The van der Waals surface area contributed by atoms with Gasteiger partial charge in [-0.2, -0.15) is 0 Å². The summed E-state index contributed by atoms with van der Waals surface area (Å²) >= 11 is 0. The lowest BCUT2D eigenvalue weighted by Crippen LogP contribution is -2.38. The molecule has 0 radical (unpaired) electrons. The standard InChI is InChI=1S/C16H17NO3/c1-17(16(18)14-6-7-19-10-14)9-15-8-12-4-2-3-5-13(12)11-20-15/h2-7,10,15H,8-9,11H2,1H3. The van der Waals surface area contributed by atoms with Crippen LogP contribution in [0.4, 0.5) is 0 Å². The van der Waals surface area contributed by atoms with Gasteiger partial charge in [0.2, 0.25) is 0 Å². The number of fused-ring (bicyclic) bond motifs is 1. The number of furan rings is 1. The third kappa shape index (κ3) is 2.60. The van der Waals surface area contributed by atoms with Crippen LogP contribution >= 0.6 is 0 Å². The zero-order valence-electron chi connectivity index (χ0n) is 11.4. The molecule has 0 bridgehead atoms. The van der Waals surface area contributed by atoms with Crippen LogP contribution < -0.4 is 0 Å². The number of rotatable bonds is 3. The zero-order valence-corrected chi connectivity index (χ0v) is 11.4. The minimum Gasteiger partial charge on any atom is -0.472 e. The first-order valence-electron chi connectivity index (χ1n) is 6.70. The molecule has 4 nitrogen and oxygen atoms in total. The van der Waals surface area contributed by atoms with E-state index in [9.17, 15) is 4.79 Å². The van der Waals surface area contributed by atoms with E-state index in [1.165, 1.54) is 23.7 Å². The van der Waals surface area contributed by atoms with Gasteiger partial charge in [0.05, 0.1) is 24.5 Å². The summed E-state index contributed by atoms with van der Waals surface area (Å²) in [6.07, 6.45) is 3.87. The number of hydrogen-bond acceptors (Lipinski definition) is 3. The number of carbonyl (C=O) groups is 1. The third-order valence-electron chi connectivity index (χ3n) is 3.63. The summed E-state index contributed by atoms with van der Waals surface area (Å²) in [5.41, 5.74) is 3.13. The zero-order chi connectivity index (χ0) is 13.9. The summed E-state index contributed by atoms with van der Waals surface area (Å²) in [5.74, 6) is -0.0405. The Morgan fingerprint density at radius 1 is 1.30 bits per heavy atom. The lowest BCUT2D eigenvalue weighted by atomic mass is 9.99. The number of nitrogens with zero attached hydrogens (tertiary/aromatic N) is 1. The van der Waals surface area contributed by atoms with Crippen LogP contribution in [0.1, 0.15) is 21.5 Å². The number of amides is 1. The van der Waals surface area contributed by atoms with Crippen LogP contribution in [-0.4, -0.2) is 30.5 Å². The number of likely N-dealkylation sites (N-methyl/N-ethyl adjacent to an activating group) is 1. The van der Waals surface area contributed by atoms with Gasteiger partial charge >= 0.3 is 0 Å². The lowest BCUT2D eigenvalue weighted by Gasteiger charge is -2.28. The van der Waals surface area contributed by atoms with Crippen LogP contribution in [-0.2, 0) is 17.8 Å². The van der Waals surface area contributed by atoms with Crippen LogP contribution in [0.15, 0.2) is 47.3 Å². The van der Waals surface area contributed by atoms with Gasteiger partial charge in [0.25, 0.3) is 5.91 Å². The van der Waals surface area contributed by atoms with Crippen LogP contribution in [0.3, 0.4) is 0 Å². The van der Waals surface area contributed by atoms with Crippen molar-refractivity contribution in [1.82, 2.24) is 4.90 Å². The lowest BCUT2D eigenvalue weighted by molar-refractivity contribution is 0.00983. The number of hydrogen-bond donors (Lipinski definition) is 0. The van der Waals surface area contributed by atoms with Gasteiger partial charge in [-0.05, 0) is 17.2 Å². The molecule has 4 heteroatoms. The van der Waals surface area contributed by atoms with E-state index in [4.69, 9.17) is 9.15 Å². The van der Waals surface area contributed by atoms with Crippen molar-refractivity contribution in [3.63, 3.8) is 0 Å². The first-order valence-corrected chi connectivity index (χ1v) is 6.70. The predicted octanol–water partition coefficient (Wildman–Crippen LogP) is 2.49. The summed E-state index contributed by atoms with van der Waals surface area (Å²) in [6, 6.07) is 9.96. The molecular formula is C16H17NO3. The van der Waals surface area contributed by atoms with Crippen molar-refractivity contribution in [2.45, 2.75) is 19.1 Å². The molecule has 20 heavy (non-hydrogen) atoms. The van der Waals surface area contributed by atoms with E-state index in [0.717, 1.165) is 6.42 Å². The Hall–Kier alpha value is -2.07. The molecule has 2 heterocycles. The highest BCUT2D eigenvalue weighted by molar-refractivity contribution is 5.93. The van der Waals surface area contributed by atoms with E-state index < -0.39 is 0 Å². The quantitative estimate of drug-likeness (QED) is 0.861. The second-order valence-corrected chi connectivity index (χ2v) is 5.10. The Labute approximate surface area is 118 Å². The van der Waals surface area contributed by atoms with Gasteiger partial charge in [0.1, 0.15) is 6.26 Å². The van der Waals surface area contributed by atoms with Crippen molar-refractivity contribution in [3.8, 4) is 0 Å². The maximum absolute atomic E-state index is 12.1. The van der Waals surface area contributed by atoms with E-state index in [1.807, 2.05) is 12.1 Å². The molecule has 1 aromatic carbocycles. The summed E-state index contributed by atoms with van der Waals surface area (Å²) in [6.45, 7) is 1.20. The Morgan fingerprint density at radius 3 is 2.85 bits per heavy atom. The smallest absolute Gasteiger partial charge is 0.256 e. The fourth-order valence-corrected chi connectivity index (χ4v) is 2.52. The van der Waals surface area contributed by atoms with E-state index in [-0.39, 0.29) is 12.0 Å². The molecule has 3 rings (SSSR count). The SMILES string of the molecule is CN(CC1Cc2ccccc2CO1)C(=O)c1ccoc1. The second-order valence-electron chi connectivity index (χ2n) is 5.10. The van der Waals surface area contributed by atoms with Crippen LogP contribution in [0, 0.1) is 0 Å². The van der Waals surface area contributed by atoms with Crippen molar-refractivity contribution in [1.29, 1.82) is 0 Å². The largest absolute Gasteiger partial charge is 0.472 e. The third-order valence-corrected chi connectivity index (χ3v) is 3.63. The van der Waals surface area contributed by atoms with E-state index in [2.05, 4.69) is 12.1 Å². The molecule has 0 fully saturated rings. The van der Waals surface area contributed by atoms with Gasteiger partial charge in [-0.3, -0.25) is 4.79 Å². The predicted molar refractivity (Wildman–Crippen MR) is 74.4 cm³/mol. The molecule has 2 aromatic rings. The Kier molecular flexibility index (Phi) is 3.56. The highest BCUT2D eigenvalue weighted by Gasteiger charge is 2.22. The Balaban J connectivity index is 1.63. The molecular weight excluding hydrogens is 254 g/mol. The molecule has 0 saturated heterocycles. The van der Waals surface area contributed by atoms with Crippen LogP contribution in [0.2, 0.25) is 0 Å². The minimum atomic E-state index is -0.0405. The number of benzene rings is 1. The highest BCUT2D eigenvalue weighted by atomic mass is 16.5.